The molecule has 0 aliphatic carbocycles. The van der Waals surface area contributed by atoms with Crippen molar-refractivity contribution in [2.24, 2.45) is 0 Å². The van der Waals surface area contributed by atoms with E-state index in [2.05, 4.69) is 0 Å². The Morgan fingerprint density at radius 1 is 1.38 bits per heavy atom. The van der Waals surface area contributed by atoms with Gasteiger partial charge in [-0.3, -0.25) is 10.1 Å². The minimum atomic E-state index is -0.716. The SMILES string of the molecule is C/C=C/[C@H](c1ccccc1)[N+](=O)[O-]. The highest BCUT2D eigenvalue weighted by Crippen LogP contribution is 2.16. The lowest BCUT2D eigenvalue weighted by Crippen LogP contribution is -2.06. The maximum Gasteiger partial charge on any atom is 0.256 e. The third-order valence-corrected chi connectivity index (χ3v) is 1.74. The van der Waals surface area contributed by atoms with Crippen LogP contribution in [0.5, 0.6) is 0 Å². The summed E-state index contributed by atoms with van der Waals surface area (Å²) in [5.41, 5.74) is 0.714. The Morgan fingerprint density at radius 2 is 2.00 bits per heavy atom. The molecule has 0 heterocycles. The quantitative estimate of drug-likeness (QED) is 0.404. The van der Waals surface area contributed by atoms with Crippen LogP contribution in [0.4, 0.5) is 0 Å². The average molecular weight is 177 g/mol. The third kappa shape index (κ3) is 2.40. The highest BCUT2D eigenvalue weighted by atomic mass is 16.6. The van der Waals surface area contributed by atoms with Crippen LogP contribution in [0.3, 0.4) is 0 Å². The van der Waals surface area contributed by atoms with Gasteiger partial charge < -0.3 is 0 Å². The van der Waals surface area contributed by atoms with E-state index in [1.54, 1.807) is 43.3 Å². The number of benzene rings is 1. The van der Waals surface area contributed by atoms with Crippen molar-refractivity contribution in [2.45, 2.75) is 13.0 Å². The molecule has 0 radical (unpaired) electrons. The Kier molecular flexibility index (Phi) is 3.20. The molecule has 0 saturated carbocycles. The summed E-state index contributed by atoms with van der Waals surface area (Å²) in [4.78, 5) is 10.3. The first-order chi connectivity index (χ1) is 6.25. The van der Waals surface area contributed by atoms with Gasteiger partial charge in [0, 0.05) is 10.5 Å². The third-order valence-electron chi connectivity index (χ3n) is 1.74. The first-order valence-corrected chi connectivity index (χ1v) is 4.07. The number of nitro groups is 1. The molecule has 0 saturated heterocycles. The fourth-order valence-corrected chi connectivity index (χ4v) is 1.14. The van der Waals surface area contributed by atoms with Gasteiger partial charge in [0.1, 0.15) is 0 Å². The van der Waals surface area contributed by atoms with Crippen molar-refractivity contribution < 1.29 is 4.92 Å². The van der Waals surface area contributed by atoms with E-state index in [-0.39, 0.29) is 4.92 Å². The van der Waals surface area contributed by atoms with Crippen molar-refractivity contribution in [1.82, 2.24) is 0 Å². The molecule has 0 N–H and O–H groups in total. The van der Waals surface area contributed by atoms with Crippen LogP contribution in [0.1, 0.15) is 18.5 Å². The fraction of sp³-hybridized carbons (Fsp3) is 0.200. The number of rotatable bonds is 3. The van der Waals surface area contributed by atoms with Crippen LogP contribution >= 0.6 is 0 Å². The minimum Gasteiger partial charge on any atom is -0.264 e. The minimum absolute atomic E-state index is 0.296. The van der Waals surface area contributed by atoms with Gasteiger partial charge in [-0.05, 0) is 13.0 Å². The van der Waals surface area contributed by atoms with E-state index in [9.17, 15) is 10.1 Å². The van der Waals surface area contributed by atoms with Crippen LogP contribution in [0.15, 0.2) is 42.5 Å². The maximum atomic E-state index is 10.6. The van der Waals surface area contributed by atoms with Crippen molar-refractivity contribution in [1.29, 1.82) is 0 Å². The van der Waals surface area contributed by atoms with Gasteiger partial charge in [-0.1, -0.05) is 36.4 Å². The summed E-state index contributed by atoms with van der Waals surface area (Å²) in [7, 11) is 0. The van der Waals surface area contributed by atoms with Crippen molar-refractivity contribution in [3.05, 3.63) is 58.2 Å². The summed E-state index contributed by atoms with van der Waals surface area (Å²) < 4.78 is 0. The van der Waals surface area contributed by atoms with E-state index in [0.29, 0.717) is 5.56 Å². The van der Waals surface area contributed by atoms with Gasteiger partial charge in [0.15, 0.2) is 0 Å². The molecule has 1 rings (SSSR count). The van der Waals surface area contributed by atoms with Gasteiger partial charge in [0.05, 0.1) is 0 Å². The molecule has 13 heavy (non-hydrogen) atoms. The predicted molar refractivity (Wildman–Crippen MR) is 51.0 cm³/mol. The summed E-state index contributed by atoms with van der Waals surface area (Å²) in [6.07, 6.45) is 3.27. The van der Waals surface area contributed by atoms with Crippen molar-refractivity contribution in [3.8, 4) is 0 Å². The number of nitrogens with zero attached hydrogens (tertiary/aromatic N) is 1. The second-order valence-electron chi connectivity index (χ2n) is 2.67. The topological polar surface area (TPSA) is 43.1 Å². The Balaban J connectivity index is 2.96. The molecular formula is C10H11NO2. The Bertz CT molecular complexity index is 306. The molecule has 0 fully saturated rings. The zero-order valence-corrected chi connectivity index (χ0v) is 7.38. The number of allylic oxidation sites excluding steroid dienone is 1. The van der Waals surface area contributed by atoms with Gasteiger partial charge in [0.2, 0.25) is 0 Å². The molecule has 68 valence electrons. The van der Waals surface area contributed by atoms with Gasteiger partial charge in [-0.2, -0.15) is 0 Å². The van der Waals surface area contributed by atoms with E-state index < -0.39 is 6.04 Å². The molecule has 0 aromatic heterocycles. The Hall–Kier alpha value is -1.64. The Labute approximate surface area is 76.9 Å². The van der Waals surface area contributed by atoms with Crippen molar-refractivity contribution in [3.63, 3.8) is 0 Å². The zero-order valence-electron chi connectivity index (χ0n) is 7.38. The van der Waals surface area contributed by atoms with Crippen LogP contribution in [-0.4, -0.2) is 4.92 Å². The maximum absolute atomic E-state index is 10.6. The second-order valence-corrected chi connectivity index (χ2v) is 2.67. The number of hydrogen-bond donors (Lipinski definition) is 0. The summed E-state index contributed by atoms with van der Waals surface area (Å²) in [5, 5.41) is 10.6. The van der Waals surface area contributed by atoms with E-state index in [1.165, 1.54) is 0 Å². The first kappa shape index (κ1) is 9.45. The van der Waals surface area contributed by atoms with Crippen LogP contribution in [0, 0.1) is 10.1 Å². The average Bonchev–Trinajstić information content (AvgIpc) is 2.15. The van der Waals surface area contributed by atoms with Crippen LogP contribution < -0.4 is 0 Å². The van der Waals surface area contributed by atoms with Crippen LogP contribution in [-0.2, 0) is 0 Å². The van der Waals surface area contributed by atoms with Gasteiger partial charge >= 0.3 is 0 Å². The second kappa shape index (κ2) is 4.40. The van der Waals surface area contributed by atoms with Gasteiger partial charge in [-0.25, -0.2) is 0 Å². The molecule has 3 heteroatoms. The van der Waals surface area contributed by atoms with Crippen LogP contribution in [0.2, 0.25) is 0 Å². The van der Waals surface area contributed by atoms with Crippen LogP contribution in [0.25, 0.3) is 0 Å². The van der Waals surface area contributed by atoms with E-state index in [1.807, 2.05) is 6.07 Å². The summed E-state index contributed by atoms with van der Waals surface area (Å²) in [6.45, 7) is 1.78. The highest BCUT2D eigenvalue weighted by molar-refractivity contribution is 5.20. The van der Waals surface area contributed by atoms with Crippen molar-refractivity contribution >= 4 is 0 Å². The molecule has 0 unspecified atom stereocenters. The number of hydrogen-bond acceptors (Lipinski definition) is 2. The van der Waals surface area contributed by atoms with Crippen molar-refractivity contribution in [2.75, 3.05) is 0 Å². The van der Waals surface area contributed by atoms with Gasteiger partial charge in [-0.15, -0.1) is 0 Å². The fourth-order valence-electron chi connectivity index (χ4n) is 1.14. The molecule has 1 aromatic rings. The molecule has 0 aliphatic rings. The van der Waals surface area contributed by atoms with E-state index in [4.69, 9.17) is 0 Å². The first-order valence-electron chi connectivity index (χ1n) is 4.07. The summed E-state index contributed by atoms with van der Waals surface area (Å²) in [5.74, 6) is 0. The predicted octanol–water partition coefficient (Wildman–Crippen LogP) is 2.58. The van der Waals surface area contributed by atoms with Gasteiger partial charge in [0.25, 0.3) is 6.04 Å². The lowest BCUT2D eigenvalue weighted by atomic mass is 10.1. The monoisotopic (exact) mass is 177 g/mol. The van der Waals surface area contributed by atoms with E-state index in [0.717, 1.165) is 0 Å². The molecule has 1 atom stereocenters. The zero-order chi connectivity index (χ0) is 9.68. The molecule has 0 amide bonds. The molecule has 1 aromatic carbocycles. The molecule has 0 spiro atoms. The standard InChI is InChI=1S/C10H11NO2/c1-2-6-10(11(12)13)9-7-4-3-5-8-9/h2-8,10H,1H3/b6-2+/t10-/m1/s1. The van der Waals surface area contributed by atoms with E-state index >= 15 is 0 Å². The Morgan fingerprint density at radius 3 is 2.46 bits per heavy atom. The lowest BCUT2D eigenvalue weighted by molar-refractivity contribution is -0.515. The largest absolute Gasteiger partial charge is 0.264 e. The lowest BCUT2D eigenvalue weighted by Gasteiger charge is -2.03. The normalized spacial score (nSPS) is 13.0. The summed E-state index contributed by atoms with van der Waals surface area (Å²) >= 11 is 0. The molecular weight excluding hydrogens is 166 g/mol. The summed E-state index contributed by atoms with van der Waals surface area (Å²) in [6, 6.07) is 8.24. The molecule has 0 bridgehead atoms. The molecule has 3 nitrogen and oxygen atoms in total. The highest BCUT2D eigenvalue weighted by Gasteiger charge is 2.17. The smallest absolute Gasteiger partial charge is 0.256 e. The molecule has 0 aliphatic heterocycles.